The summed E-state index contributed by atoms with van der Waals surface area (Å²) in [5.74, 6) is 0.969. The zero-order valence-corrected chi connectivity index (χ0v) is 11.9. The number of anilines is 2. The highest BCUT2D eigenvalue weighted by Gasteiger charge is 2.16. The van der Waals surface area contributed by atoms with Gasteiger partial charge in [-0.25, -0.2) is 0 Å². The monoisotopic (exact) mass is 269 g/mol. The largest absolute Gasteiger partial charge is 0.470 e. The number of nitrogens with zero attached hydrogens (tertiary/aromatic N) is 1. The number of nitrogens with one attached hydrogen (secondary N) is 1. The summed E-state index contributed by atoms with van der Waals surface area (Å²) in [7, 11) is 1.58. The lowest BCUT2D eigenvalue weighted by Gasteiger charge is -2.22. The number of nitrogens with two attached hydrogens (primary N) is 1. The number of rotatable bonds is 6. The number of nitrogen functional groups attached to an aromatic ring is 1. The van der Waals surface area contributed by atoms with Gasteiger partial charge in [0.25, 0.3) is 0 Å². The third-order valence-electron chi connectivity index (χ3n) is 2.23. The standard InChI is InChI=1S/C13H23N3O3/c1-13(2,3)19-12-10(14)5-6-11(16-12)15-9(7-17)8-18-4/h5-6,9,17H,7-8,14H2,1-4H3,(H,15,16). The molecular formula is C13H23N3O3. The maximum atomic E-state index is 9.20. The van der Waals surface area contributed by atoms with Crippen molar-refractivity contribution in [2.24, 2.45) is 0 Å². The fraction of sp³-hybridized carbons (Fsp3) is 0.615. The lowest BCUT2D eigenvalue weighted by molar-refractivity contribution is 0.125. The average Bonchev–Trinajstić information content (AvgIpc) is 2.31. The SMILES string of the molecule is COCC(CO)Nc1ccc(N)c(OC(C)(C)C)n1. The molecule has 4 N–H and O–H groups in total. The topological polar surface area (TPSA) is 89.6 Å². The molecule has 0 amide bonds. The molecule has 0 aliphatic heterocycles. The van der Waals surface area contributed by atoms with E-state index in [0.29, 0.717) is 24.0 Å². The van der Waals surface area contributed by atoms with Crippen LogP contribution >= 0.6 is 0 Å². The number of methoxy groups -OCH3 is 1. The summed E-state index contributed by atoms with van der Waals surface area (Å²) < 4.78 is 10.7. The average molecular weight is 269 g/mol. The minimum absolute atomic E-state index is 0.0463. The number of aliphatic hydroxyl groups excluding tert-OH is 1. The van der Waals surface area contributed by atoms with Crippen LogP contribution in [0.25, 0.3) is 0 Å². The predicted molar refractivity (Wildman–Crippen MR) is 75.4 cm³/mol. The highest BCUT2D eigenvalue weighted by atomic mass is 16.5. The van der Waals surface area contributed by atoms with Crippen LogP contribution in [0.4, 0.5) is 11.5 Å². The van der Waals surface area contributed by atoms with Crippen LogP contribution in [-0.2, 0) is 4.74 Å². The summed E-state index contributed by atoms with van der Waals surface area (Å²) in [6, 6.07) is 3.24. The van der Waals surface area contributed by atoms with Crippen molar-refractivity contribution in [3.63, 3.8) is 0 Å². The van der Waals surface area contributed by atoms with Crippen LogP contribution in [0.15, 0.2) is 12.1 Å². The van der Waals surface area contributed by atoms with Crippen molar-refractivity contribution >= 4 is 11.5 Å². The van der Waals surface area contributed by atoms with Gasteiger partial charge in [-0.05, 0) is 32.9 Å². The van der Waals surface area contributed by atoms with Gasteiger partial charge in [-0.1, -0.05) is 0 Å². The summed E-state index contributed by atoms with van der Waals surface area (Å²) in [6.07, 6.45) is 0. The molecule has 0 aliphatic carbocycles. The van der Waals surface area contributed by atoms with Crippen LogP contribution in [-0.4, -0.2) is 42.1 Å². The molecule has 0 aliphatic rings. The lowest BCUT2D eigenvalue weighted by atomic mass is 10.2. The Bertz CT molecular complexity index is 405. The van der Waals surface area contributed by atoms with E-state index < -0.39 is 0 Å². The van der Waals surface area contributed by atoms with E-state index in [-0.39, 0.29) is 18.2 Å². The second-order valence-electron chi connectivity index (χ2n) is 5.28. The third kappa shape index (κ3) is 5.32. The van der Waals surface area contributed by atoms with Gasteiger partial charge < -0.3 is 25.6 Å². The fourth-order valence-electron chi connectivity index (χ4n) is 1.45. The van der Waals surface area contributed by atoms with Gasteiger partial charge in [0.2, 0.25) is 5.88 Å². The molecule has 1 atom stereocenters. The van der Waals surface area contributed by atoms with Gasteiger partial charge in [0.15, 0.2) is 0 Å². The quantitative estimate of drug-likeness (QED) is 0.720. The fourth-order valence-corrected chi connectivity index (χ4v) is 1.45. The minimum atomic E-state index is -0.372. The first-order valence-corrected chi connectivity index (χ1v) is 6.17. The van der Waals surface area contributed by atoms with Crippen LogP contribution in [0.2, 0.25) is 0 Å². The molecule has 6 heteroatoms. The highest BCUT2D eigenvalue weighted by molar-refractivity contribution is 5.54. The molecule has 0 spiro atoms. The molecule has 1 heterocycles. The van der Waals surface area contributed by atoms with Gasteiger partial charge in [-0.15, -0.1) is 0 Å². The Kier molecular flexibility index (Phi) is 5.38. The van der Waals surface area contributed by atoms with Gasteiger partial charge in [0.1, 0.15) is 11.4 Å². The molecule has 1 unspecified atom stereocenters. The molecule has 0 radical (unpaired) electrons. The first kappa shape index (κ1) is 15.5. The number of ether oxygens (including phenoxy) is 2. The van der Waals surface area contributed by atoms with Crippen molar-refractivity contribution in [1.29, 1.82) is 0 Å². The van der Waals surface area contributed by atoms with Crippen molar-refractivity contribution in [1.82, 2.24) is 4.98 Å². The van der Waals surface area contributed by atoms with Gasteiger partial charge in [0.05, 0.1) is 24.9 Å². The number of aliphatic hydroxyl groups is 1. The lowest BCUT2D eigenvalue weighted by Crippen LogP contribution is -2.29. The maximum absolute atomic E-state index is 9.20. The number of hydrogen-bond donors (Lipinski definition) is 3. The zero-order valence-electron chi connectivity index (χ0n) is 11.9. The van der Waals surface area contributed by atoms with E-state index in [9.17, 15) is 5.11 Å². The Morgan fingerprint density at radius 2 is 2.11 bits per heavy atom. The normalized spacial score (nSPS) is 13.1. The minimum Gasteiger partial charge on any atom is -0.470 e. The number of pyridine rings is 1. The summed E-state index contributed by atoms with van der Waals surface area (Å²) in [5, 5.41) is 12.3. The van der Waals surface area contributed by atoms with Crippen molar-refractivity contribution in [2.75, 3.05) is 31.4 Å². The third-order valence-corrected chi connectivity index (χ3v) is 2.23. The summed E-state index contributed by atoms with van der Waals surface area (Å²) in [6.45, 7) is 6.12. The Hall–Kier alpha value is -1.53. The molecule has 1 rings (SSSR count). The Morgan fingerprint density at radius 3 is 2.63 bits per heavy atom. The van der Waals surface area contributed by atoms with Crippen LogP contribution < -0.4 is 15.8 Å². The summed E-state index contributed by atoms with van der Waals surface area (Å²) >= 11 is 0. The van der Waals surface area contributed by atoms with E-state index in [1.807, 2.05) is 20.8 Å². The van der Waals surface area contributed by atoms with E-state index in [0.717, 1.165) is 0 Å². The van der Waals surface area contributed by atoms with Crippen molar-refractivity contribution < 1.29 is 14.6 Å². The maximum Gasteiger partial charge on any atom is 0.239 e. The van der Waals surface area contributed by atoms with E-state index in [1.54, 1.807) is 19.2 Å². The molecule has 19 heavy (non-hydrogen) atoms. The van der Waals surface area contributed by atoms with E-state index in [4.69, 9.17) is 15.2 Å². The molecule has 0 fully saturated rings. The van der Waals surface area contributed by atoms with Crippen LogP contribution in [0, 0.1) is 0 Å². The molecule has 0 bridgehead atoms. The highest BCUT2D eigenvalue weighted by Crippen LogP contribution is 2.25. The summed E-state index contributed by atoms with van der Waals surface area (Å²) in [4.78, 5) is 4.30. The molecule has 0 saturated heterocycles. The zero-order chi connectivity index (χ0) is 14.5. The molecule has 0 saturated carbocycles. The van der Waals surface area contributed by atoms with E-state index in [2.05, 4.69) is 10.3 Å². The second-order valence-corrected chi connectivity index (χ2v) is 5.28. The molecular weight excluding hydrogens is 246 g/mol. The van der Waals surface area contributed by atoms with Gasteiger partial charge in [-0.2, -0.15) is 4.98 Å². The second kappa shape index (κ2) is 6.58. The molecule has 108 valence electrons. The van der Waals surface area contributed by atoms with Gasteiger partial charge in [0, 0.05) is 7.11 Å². The van der Waals surface area contributed by atoms with Crippen molar-refractivity contribution in [3.05, 3.63) is 12.1 Å². The van der Waals surface area contributed by atoms with Gasteiger partial charge >= 0.3 is 0 Å². The number of hydrogen-bond acceptors (Lipinski definition) is 6. The van der Waals surface area contributed by atoms with Crippen molar-refractivity contribution in [3.8, 4) is 5.88 Å². The summed E-state index contributed by atoms with van der Waals surface area (Å²) in [5.41, 5.74) is 5.94. The molecule has 1 aromatic rings. The van der Waals surface area contributed by atoms with Crippen molar-refractivity contribution in [2.45, 2.75) is 32.4 Å². The predicted octanol–water partition coefficient (Wildman–Crippen LogP) is 1.26. The van der Waals surface area contributed by atoms with E-state index in [1.165, 1.54) is 0 Å². The first-order chi connectivity index (χ1) is 8.85. The van der Waals surface area contributed by atoms with Crippen LogP contribution in [0.1, 0.15) is 20.8 Å². The van der Waals surface area contributed by atoms with Gasteiger partial charge in [-0.3, -0.25) is 0 Å². The number of aromatic nitrogens is 1. The van der Waals surface area contributed by atoms with Crippen LogP contribution in [0.5, 0.6) is 5.88 Å². The van der Waals surface area contributed by atoms with Crippen LogP contribution in [0.3, 0.4) is 0 Å². The molecule has 1 aromatic heterocycles. The van der Waals surface area contributed by atoms with E-state index >= 15 is 0 Å². The smallest absolute Gasteiger partial charge is 0.239 e. The molecule has 6 nitrogen and oxygen atoms in total. The Balaban J connectivity index is 2.83. The Morgan fingerprint density at radius 1 is 1.42 bits per heavy atom. The first-order valence-electron chi connectivity index (χ1n) is 6.17. The molecule has 0 aromatic carbocycles. The Labute approximate surface area is 113 Å².